The van der Waals surface area contributed by atoms with Crippen LogP contribution in [0.1, 0.15) is 35.7 Å². The molecule has 0 aromatic heterocycles. The zero-order chi connectivity index (χ0) is 15.4. The van der Waals surface area contributed by atoms with Gasteiger partial charge in [-0.2, -0.15) is 0 Å². The summed E-state index contributed by atoms with van der Waals surface area (Å²) in [5.74, 6) is 0.248. The van der Waals surface area contributed by atoms with Gasteiger partial charge < -0.3 is 14.9 Å². The summed E-state index contributed by atoms with van der Waals surface area (Å²) in [6, 6.07) is 11.0. The highest BCUT2D eigenvalue weighted by Gasteiger charge is 2.30. The van der Waals surface area contributed by atoms with Crippen LogP contribution < -0.4 is 4.74 Å². The van der Waals surface area contributed by atoms with Crippen LogP contribution in [-0.2, 0) is 0 Å². The van der Waals surface area contributed by atoms with E-state index in [1.54, 1.807) is 30.3 Å². The van der Waals surface area contributed by atoms with E-state index in [4.69, 9.17) is 4.74 Å². The maximum atomic E-state index is 12.4. The summed E-state index contributed by atoms with van der Waals surface area (Å²) in [5.41, 5.74) is 1.28. The number of benzene rings is 2. The Morgan fingerprint density at radius 1 is 1.00 bits per heavy atom. The van der Waals surface area contributed by atoms with Gasteiger partial charge in [0, 0.05) is 6.07 Å². The molecule has 1 unspecified atom stereocenters. The zero-order valence-electron chi connectivity index (χ0n) is 12.0. The van der Waals surface area contributed by atoms with Crippen molar-refractivity contribution in [1.29, 1.82) is 0 Å². The molecule has 2 aromatic carbocycles. The minimum atomic E-state index is -0.377. The minimum Gasteiger partial charge on any atom is -0.508 e. The molecule has 0 fully saturated rings. The number of phenols is 2. The molecule has 1 heterocycles. The lowest BCUT2D eigenvalue weighted by molar-refractivity contribution is 0.0896. The molecule has 0 spiro atoms. The van der Waals surface area contributed by atoms with Crippen molar-refractivity contribution in [2.45, 2.75) is 19.8 Å². The minimum absolute atomic E-state index is 0.0352. The number of rotatable bonds is 1. The molecule has 0 amide bonds. The van der Waals surface area contributed by atoms with Crippen molar-refractivity contribution in [2.75, 3.05) is 6.61 Å². The van der Waals surface area contributed by atoms with Crippen molar-refractivity contribution < 1.29 is 19.7 Å². The Morgan fingerprint density at radius 3 is 2.29 bits per heavy atom. The van der Waals surface area contributed by atoms with Gasteiger partial charge >= 0.3 is 0 Å². The molecule has 110 valence electrons. The fourth-order valence-electron chi connectivity index (χ4n) is 2.22. The molecule has 1 aliphatic heterocycles. The lowest BCUT2D eigenvalue weighted by Crippen LogP contribution is -2.25. The number of carbonyl (C=O) groups is 1. The highest BCUT2D eigenvalue weighted by Crippen LogP contribution is 2.34. The van der Waals surface area contributed by atoms with Crippen LogP contribution in [0.15, 0.2) is 42.5 Å². The second-order valence-corrected chi connectivity index (χ2v) is 4.50. The third-order valence-corrected chi connectivity index (χ3v) is 3.25. The predicted octanol–water partition coefficient (Wildman–Crippen LogP) is 3.48. The molecule has 4 nitrogen and oxygen atoms in total. The van der Waals surface area contributed by atoms with E-state index in [9.17, 15) is 15.0 Å². The van der Waals surface area contributed by atoms with Crippen molar-refractivity contribution in [3.8, 4) is 17.2 Å². The first-order chi connectivity index (χ1) is 10.1. The van der Waals surface area contributed by atoms with E-state index < -0.39 is 0 Å². The Labute approximate surface area is 123 Å². The predicted molar refractivity (Wildman–Crippen MR) is 80.1 cm³/mol. The molecule has 2 aromatic rings. The Balaban J connectivity index is 0.000000774. The average molecular weight is 286 g/mol. The van der Waals surface area contributed by atoms with Gasteiger partial charge in [0.15, 0.2) is 5.78 Å². The summed E-state index contributed by atoms with van der Waals surface area (Å²) >= 11 is 0. The van der Waals surface area contributed by atoms with Gasteiger partial charge in [-0.1, -0.05) is 26.0 Å². The van der Waals surface area contributed by atoms with Gasteiger partial charge in [-0.15, -0.1) is 0 Å². The zero-order valence-corrected chi connectivity index (χ0v) is 12.0. The molecular formula is C17H18O4. The number of aromatic hydroxyl groups is 2. The third kappa shape index (κ3) is 2.99. The molecule has 0 radical (unpaired) electrons. The molecule has 0 aliphatic carbocycles. The van der Waals surface area contributed by atoms with Crippen LogP contribution in [0.4, 0.5) is 0 Å². The number of hydrogen-bond acceptors (Lipinski definition) is 4. The molecular weight excluding hydrogens is 268 g/mol. The maximum absolute atomic E-state index is 12.4. The molecule has 3 rings (SSSR count). The Hall–Kier alpha value is -2.49. The van der Waals surface area contributed by atoms with E-state index in [-0.39, 0.29) is 29.8 Å². The van der Waals surface area contributed by atoms with Gasteiger partial charge in [-0.05, 0) is 29.8 Å². The van der Waals surface area contributed by atoms with Crippen molar-refractivity contribution in [3.63, 3.8) is 0 Å². The molecule has 1 atom stereocenters. The molecule has 1 aliphatic rings. The average Bonchev–Trinajstić information content (AvgIpc) is 2.51. The molecule has 0 saturated heterocycles. The number of ether oxygens (including phenoxy) is 1. The highest BCUT2D eigenvalue weighted by molar-refractivity contribution is 6.04. The fraction of sp³-hybridized carbons (Fsp3) is 0.235. The highest BCUT2D eigenvalue weighted by atomic mass is 16.5. The van der Waals surface area contributed by atoms with Gasteiger partial charge in [0.05, 0.1) is 11.5 Å². The Bertz CT molecular complexity index is 632. The van der Waals surface area contributed by atoms with Crippen molar-refractivity contribution in [2.24, 2.45) is 0 Å². The first-order valence-corrected chi connectivity index (χ1v) is 6.94. The van der Waals surface area contributed by atoms with E-state index in [1.165, 1.54) is 12.1 Å². The van der Waals surface area contributed by atoms with Crippen LogP contribution in [0.25, 0.3) is 0 Å². The van der Waals surface area contributed by atoms with E-state index in [0.717, 1.165) is 5.56 Å². The van der Waals surface area contributed by atoms with Crippen LogP contribution in [-0.4, -0.2) is 22.6 Å². The van der Waals surface area contributed by atoms with Gasteiger partial charge in [-0.25, -0.2) is 0 Å². The molecule has 0 saturated carbocycles. The van der Waals surface area contributed by atoms with Crippen LogP contribution >= 0.6 is 0 Å². The summed E-state index contributed by atoms with van der Waals surface area (Å²) in [6.45, 7) is 4.24. The van der Waals surface area contributed by atoms with Gasteiger partial charge in [0.25, 0.3) is 0 Å². The van der Waals surface area contributed by atoms with Crippen molar-refractivity contribution >= 4 is 5.78 Å². The van der Waals surface area contributed by atoms with Crippen molar-refractivity contribution in [3.05, 3.63) is 53.6 Å². The number of Topliss-reactive ketones (excluding diaryl/α,β-unsaturated/α-hetero) is 1. The first kappa shape index (κ1) is 14.9. The third-order valence-electron chi connectivity index (χ3n) is 3.25. The topological polar surface area (TPSA) is 66.8 Å². The Kier molecular flexibility index (Phi) is 4.48. The summed E-state index contributed by atoms with van der Waals surface area (Å²) < 4.78 is 5.53. The number of hydrogen-bond donors (Lipinski definition) is 2. The van der Waals surface area contributed by atoms with E-state index in [2.05, 4.69) is 0 Å². The van der Waals surface area contributed by atoms with Gasteiger partial charge in [-0.3, -0.25) is 4.79 Å². The van der Waals surface area contributed by atoms with Crippen molar-refractivity contribution in [1.82, 2.24) is 0 Å². The van der Waals surface area contributed by atoms with Gasteiger partial charge in [0.1, 0.15) is 23.9 Å². The normalized spacial score (nSPS) is 16.3. The largest absolute Gasteiger partial charge is 0.508 e. The quantitative estimate of drug-likeness (QED) is 0.842. The van der Waals surface area contributed by atoms with Crippen LogP contribution in [0, 0.1) is 0 Å². The second-order valence-electron chi connectivity index (χ2n) is 4.50. The number of phenolic OH excluding ortho intramolecular Hbond substituents is 2. The van der Waals surface area contributed by atoms with E-state index >= 15 is 0 Å². The number of ketones is 1. The lowest BCUT2D eigenvalue weighted by Gasteiger charge is -2.24. The molecule has 0 bridgehead atoms. The Morgan fingerprint density at radius 2 is 1.62 bits per heavy atom. The molecule has 21 heavy (non-hydrogen) atoms. The van der Waals surface area contributed by atoms with E-state index in [0.29, 0.717) is 11.3 Å². The van der Waals surface area contributed by atoms with E-state index in [1.807, 2.05) is 13.8 Å². The number of carbonyl (C=O) groups excluding carboxylic acids is 1. The fourth-order valence-corrected chi connectivity index (χ4v) is 2.22. The summed E-state index contributed by atoms with van der Waals surface area (Å²) in [4.78, 5) is 12.4. The summed E-state index contributed by atoms with van der Waals surface area (Å²) in [7, 11) is 0. The monoisotopic (exact) mass is 286 g/mol. The summed E-state index contributed by atoms with van der Waals surface area (Å²) in [6.07, 6.45) is 0. The second kappa shape index (κ2) is 6.31. The van der Waals surface area contributed by atoms with Crippen LogP contribution in [0.5, 0.6) is 17.2 Å². The standard InChI is InChI=1S/C15H12O4.C2H6/c16-10-3-1-9(2-4-10)13-8-19-14-7-11(17)5-6-12(14)15(13)18;1-2/h1-7,13,16-17H,8H2;1-2H3. The maximum Gasteiger partial charge on any atom is 0.177 e. The number of fused-ring (bicyclic) bond motifs is 1. The van der Waals surface area contributed by atoms with Gasteiger partial charge in [0.2, 0.25) is 0 Å². The smallest absolute Gasteiger partial charge is 0.177 e. The molecule has 4 heteroatoms. The SMILES string of the molecule is CC.O=C1c2ccc(O)cc2OCC1c1ccc(O)cc1. The lowest BCUT2D eigenvalue weighted by atomic mass is 9.89. The molecule has 2 N–H and O–H groups in total. The van der Waals surface area contributed by atoms with Crippen LogP contribution in [0.2, 0.25) is 0 Å². The summed E-state index contributed by atoms with van der Waals surface area (Å²) in [5, 5.41) is 18.6. The first-order valence-electron chi connectivity index (χ1n) is 6.94. The van der Waals surface area contributed by atoms with Crippen LogP contribution in [0.3, 0.4) is 0 Å².